The first kappa shape index (κ1) is 31.3. The number of aryl methyl sites for hydroxylation is 4. The van der Waals surface area contributed by atoms with Crippen LogP contribution in [0.15, 0.2) is 46.4 Å². The largest absolute Gasteiger partial charge is 0.252 e. The Morgan fingerprint density at radius 3 is 1.34 bits per heavy atom. The van der Waals surface area contributed by atoms with Crippen molar-refractivity contribution in [3.63, 3.8) is 0 Å². The minimum absolute atomic E-state index is 0. The fraction of sp³-hybridized carbons (Fsp3) is 0.562. The van der Waals surface area contributed by atoms with Crippen molar-refractivity contribution in [3.8, 4) is 0 Å². The SMILES string of the molecule is CCCCCCC(=Nc1ccc(CC)c(CC)c1)C(CCCC)=Nc1ccc(CC)c(CC)c1.[Ni]. The van der Waals surface area contributed by atoms with E-state index in [1.807, 2.05) is 0 Å². The molecule has 2 aromatic carbocycles. The van der Waals surface area contributed by atoms with E-state index in [1.165, 1.54) is 65.8 Å². The van der Waals surface area contributed by atoms with E-state index in [9.17, 15) is 0 Å². The summed E-state index contributed by atoms with van der Waals surface area (Å²) in [7, 11) is 0. The summed E-state index contributed by atoms with van der Waals surface area (Å²) < 4.78 is 0. The molecule has 0 radical (unpaired) electrons. The summed E-state index contributed by atoms with van der Waals surface area (Å²) in [5.41, 5.74) is 10.3. The molecule has 196 valence electrons. The Labute approximate surface area is 226 Å². The van der Waals surface area contributed by atoms with Crippen LogP contribution in [-0.4, -0.2) is 11.4 Å². The number of hydrogen-bond donors (Lipinski definition) is 0. The topological polar surface area (TPSA) is 24.7 Å². The number of aliphatic imine (C=N–C) groups is 2. The van der Waals surface area contributed by atoms with Crippen molar-refractivity contribution in [2.24, 2.45) is 9.98 Å². The molecule has 0 bridgehead atoms. The standard InChI is InChI=1S/C32H48N2.Ni/c1-7-13-15-16-18-32(34-30-22-20-26(10-4)28(12-6)24-30)31(17-14-8-2)33-29-21-19-25(9-3)27(11-5)23-29;/h19-24H,7-18H2,1-6H3;. The van der Waals surface area contributed by atoms with E-state index in [1.54, 1.807) is 0 Å². The quantitative estimate of drug-likeness (QED) is 0.127. The molecule has 0 fully saturated rings. The number of hydrogen-bond acceptors (Lipinski definition) is 2. The molecule has 0 aliphatic rings. The van der Waals surface area contributed by atoms with Crippen LogP contribution >= 0.6 is 0 Å². The second kappa shape index (κ2) is 17.7. The van der Waals surface area contributed by atoms with Crippen LogP contribution < -0.4 is 0 Å². The van der Waals surface area contributed by atoms with Gasteiger partial charge < -0.3 is 0 Å². The maximum Gasteiger partial charge on any atom is 0.0636 e. The van der Waals surface area contributed by atoms with Crippen LogP contribution in [0, 0.1) is 0 Å². The maximum absolute atomic E-state index is 5.25. The second-order valence-electron chi connectivity index (χ2n) is 9.35. The van der Waals surface area contributed by atoms with E-state index < -0.39 is 0 Å². The van der Waals surface area contributed by atoms with Crippen LogP contribution in [0.1, 0.15) is 115 Å². The van der Waals surface area contributed by atoms with Gasteiger partial charge in [-0.2, -0.15) is 0 Å². The van der Waals surface area contributed by atoms with E-state index in [0.29, 0.717) is 0 Å². The molecule has 0 N–H and O–H groups in total. The second-order valence-corrected chi connectivity index (χ2v) is 9.35. The number of rotatable bonds is 15. The summed E-state index contributed by atoms with van der Waals surface area (Å²) in [5, 5.41) is 0. The number of benzene rings is 2. The third-order valence-corrected chi connectivity index (χ3v) is 6.80. The molecular formula is C32H48N2Ni. The first-order valence-electron chi connectivity index (χ1n) is 14.0. The third-order valence-electron chi connectivity index (χ3n) is 6.80. The van der Waals surface area contributed by atoms with E-state index in [4.69, 9.17) is 9.98 Å². The Bertz CT molecular complexity index is 943. The molecule has 2 nitrogen and oxygen atoms in total. The van der Waals surface area contributed by atoms with Gasteiger partial charge in [-0.1, -0.05) is 79.4 Å². The van der Waals surface area contributed by atoms with Crippen LogP contribution in [0.4, 0.5) is 11.4 Å². The third kappa shape index (κ3) is 10.0. The average Bonchev–Trinajstić information content (AvgIpc) is 2.87. The van der Waals surface area contributed by atoms with Gasteiger partial charge >= 0.3 is 0 Å². The van der Waals surface area contributed by atoms with Gasteiger partial charge in [-0.15, -0.1) is 0 Å². The molecule has 0 unspecified atom stereocenters. The smallest absolute Gasteiger partial charge is 0.0636 e. The Kier molecular flexibility index (Phi) is 15.8. The fourth-order valence-corrected chi connectivity index (χ4v) is 4.62. The molecule has 0 heterocycles. The van der Waals surface area contributed by atoms with Crippen molar-refractivity contribution in [1.29, 1.82) is 0 Å². The van der Waals surface area contributed by atoms with Crippen molar-refractivity contribution in [2.75, 3.05) is 0 Å². The van der Waals surface area contributed by atoms with Gasteiger partial charge in [0, 0.05) is 16.5 Å². The van der Waals surface area contributed by atoms with Gasteiger partial charge in [0.25, 0.3) is 0 Å². The zero-order chi connectivity index (χ0) is 24.8. The van der Waals surface area contributed by atoms with Crippen molar-refractivity contribution >= 4 is 22.8 Å². The molecule has 0 saturated carbocycles. The predicted molar refractivity (Wildman–Crippen MR) is 153 cm³/mol. The first-order valence-corrected chi connectivity index (χ1v) is 14.0. The van der Waals surface area contributed by atoms with E-state index >= 15 is 0 Å². The van der Waals surface area contributed by atoms with Crippen molar-refractivity contribution in [2.45, 2.75) is 119 Å². The fourth-order valence-electron chi connectivity index (χ4n) is 4.62. The Hall–Kier alpha value is -1.73. The molecule has 35 heavy (non-hydrogen) atoms. The molecule has 0 aliphatic carbocycles. The van der Waals surface area contributed by atoms with E-state index in [-0.39, 0.29) is 16.5 Å². The summed E-state index contributed by atoms with van der Waals surface area (Å²) in [6.07, 6.45) is 13.6. The summed E-state index contributed by atoms with van der Waals surface area (Å²) >= 11 is 0. The van der Waals surface area contributed by atoms with Gasteiger partial charge in [-0.25, -0.2) is 0 Å². The molecule has 2 rings (SSSR count). The summed E-state index contributed by atoms with van der Waals surface area (Å²) in [5.74, 6) is 0. The van der Waals surface area contributed by atoms with Gasteiger partial charge in [0.05, 0.1) is 22.8 Å². The average molecular weight is 519 g/mol. The van der Waals surface area contributed by atoms with Crippen molar-refractivity contribution in [1.82, 2.24) is 0 Å². The van der Waals surface area contributed by atoms with Gasteiger partial charge in [-0.3, -0.25) is 9.98 Å². The van der Waals surface area contributed by atoms with E-state index in [0.717, 1.165) is 56.3 Å². The minimum atomic E-state index is 0. The van der Waals surface area contributed by atoms with Crippen molar-refractivity contribution < 1.29 is 16.5 Å². The zero-order valence-electron chi connectivity index (χ0n) is 23.2. The Morgan fingerprint density at radius 1 is 0.514 bits per heavy atom. The molecule has 0 saturated heterocycles. The molecule has 0 atom stereocenters. The van der Waals surface area contributed by atoms with Crippen LogP contribution in [0.3, 0.4) is 0 Å². The number of nitrogens with zero attached hydrogens (tertiary/aromatic N) is 2. The monoisotopic (exact) mass is 518 g/mol. The Balaban J connectivity index is 0.00000612. The van der Waals surface area contributed by atoms with Gasteiger partial charge in [0.2, 0.25) is 0 Å². The number of unbranched alkanes of at least 4 members (excludes halogenated alkanes) is 4. The summed E-state index contributed by atoms with van der Waals surface area (Å²) in [4.78, 5) is 10.5. The molecule has 0 spiro atoms. The molecule has 0 aliphatic heterocycles. The summed E-state index contributed by atoms with van der Waals surface area (Å²) in [6.45, 7) is 13.5. The molecule has 3 heteroatoms. The van der Waals surface area contributed by atoms with Crippen LogP contribution in [0.25, 0.3) is 0 Å². The first-order chi connectivity index (χ1) is 16.6. The van der Waals surface area contributed by atoms with Crippen LogP contribution in [0.2, 0.25) is 0 Å². The predicted octanol–water partition coefficient (Wildman–Crippen LogP) is 9.94. The molecule has 2 aromatic rings. The maximum atomic E-state index is 5.25. The van der Waals surface area contributed by atoms with E-state index in [2.05, 4.69) is 77.9 Å². The Morgan fingerprint density at radius 2 is 0.943 bits per heavy atom. The molecular weight excluding hydrogens is 471 g/mol. The van der Waals surface area contributed by atoms with Crippen molar-refractivity contribution in [3.05, 3.63) is 58.7 Å². The zero-order valence-corrected chi connectivity index (χ0v) is 24.1. The molecule has 0 aromatic heterocycles. The summed E-state index contributed by atoms with van der Waals surface area (Å²) in [6, 6.07) is 13.5. The van der Waals surface area contributed by atoms with Crippen LogP contribution in [-0.2, 0) is 42.2 Å². The van der Waals surface area contributed by atoms with Gasteiger partial charge in [0.1, 0.15) is 0 Å². The minimum Gasteiger partial charge on any atom is -0.252 e. The van der Waals surface area contributed by atoms with Gasteiger partial charge in [0.15, 0.2) is 0 Å². The molecule has 0 amide bonds. The normalized spacial score (nSPS) is 12.1. The van der Waals surface area contributed by atoms with Crippen LogP contribution in [0.5, 0.6) is 0 Å². The van der Waals surface area contributed by atoms with Gasteiger partial charge in [-0.05, 0) is 97.9 Å².